The first-order chi connectivity index (χ1) is 13.0. The number of methoxy groups -OCH3 is 1. The fraction of sp³-hybridized carbons (Fsp3) is 0.500. The van der Waals surface area contributed by atoms with Crippen LogP contribution in [0.5, 0.6) is 5.75 Å². The number of anilines is 1. The molecule has 1 fully saturated rings. The third-order valence-electron chi connectivity index (χ3n) is 4.73. The third-order valence-corrected chi connectivity index (χ3v) is 6.02. The second-order valence-electron chi connectivity index (χ2n) is 6.64. The van der Waals surface area contributed by atoms with Gasteiger partial charge in [0.25, 0.3) is 0 Å². The van der Waals surface area contributed by atoms with Crippen molar-refractivity contribution in [3.63, 3.8) is 0 Å². The first kappa shape index (κ1) is 19.8. The number of carbonyl (C=O) groups excluding carboxylic acids is 1. The van der Waals surface area contributed by atoms with Crippen LogP contribution in [0.4, 0.5) is 5.69 Å². The Balaban J connectivity index is 1.66. The van der Waals surface area contributed by atoms with Crippen molar-refractivity contribution in [2.45, 2.75) is 55.4 Å². The number of amides is 1. The summed E-state index contributed by atoms with van der Waals surface area (Å²) < 4.78 is 6.79. The summed E-state index contributed by atoms with van der Waals surface area (Å²) in [5, 5.41) is 12.0. The van der Waals surface area contributed by atoms with Crippen LogP contribution in [0.25, 0.3) is 0 Å². The second-order valence-corrected chi connectivity index (χ2v) is 8.38. The van der Waals surface area contributed by atoms with Crippen LogP contribution in [0.3, 0.4) is 0 Å². The molecule has 0 saturated heterocycles. The van der Waals surface area contributed by atoms with Gasteiger partial charge in [0.05, 0.1) is 18.0 Å². The maximum Gasteiger partial charge on any atom is 0.237 e. The van der Waals surface area contributed by atoms with Gasteiger partial charge in [-0.15, -0.1) is 10.2 Å². The molecule has 3 rings (SSSR count). The van der Waals surface area contributed by atoms with Crippen LogP contribution in [0.2, 0.25) is 5.02 Å². The van der Waals surface area contributed by atoms with Crippen molar-refractivity contribution in [1.29, 1.82) is 0 Å². The number of benzene rings is 1. The zero-order valence-electron chi connectivity index (χ0n) is 15.4. The smallest absolute Gasteiger partial charge is 0.237 e. The summed E-state index contributed by atoms with van der Waals surface area (Å²) in [6.45, 7) is 1.80. The van der Waals surface area contributed by atoms with Crippen LogP contribution in [-0.2, 0) is 4.79 Å². The van der Waals surface area contributed by atoms with Crippen LogP contribution < -0.4 is 15.9 Å². The molecule has 3 N–H and O–H groups in total. The zero-order valence-corrected chi connectivity index (χ0v) is 17.0. The van der Waals surface area contributed by atoms with Crippen molar-refractivity contribution in [3.05, 3.63) is 29.0 Å². The van der Waals surface area contributed by atoms with Crippen LogP contribution in [0, 0.1) is 0 Å². The van der Waals surface area contributed by atoms with E-state index in [4.69, 9.17) is 22.2 Å². The van der Waals surface area contributed by atoms with Gasteiger partial charge in [0, 0.05) is 10.9 Å². The molecule has 0 spiro atoms. The minimum Gasteiger partial charge on any atom is -0.495 e. The largest absolute Gasteiger partial charge is 0.495 e. The highest BCUT2D eigenvalue weighted by molar-refractivity contribution is 8.00. The van der Waals surface area contributed by atoms with Gasteiger partial charge in [-0.2, -0.15) is 0 Å². The first-order valence-corrected chi connectivity index (χ1v) is 10.3. The number of hydrogen-bond donors (Lipinski definition) is 2. The normalized spacial score (nSPS) is 16.1. The number of nitrogens with zero attached hydrogens (tertiary/aromatic N) is 3. The minimum absolute atomic E-state index is 0.192. The predicted octanol–water partition coefficient (Wildman–Crippen LogP) is 3.82. The van der Waals surface area contributed by atoms with Gasteiger partial charge in [0.15, 0.2) is 5.82 Å². The highest BCUT2D eigenvalue weighted by Gasteiger charge is 2.25. The molecule has 27 heavy (non-hydrogen) atoms. The highest BCUT2D eigenvalue weighted by atomic mass is 35.5. The SMILES string of the molecule is COc1ccc(Cl)cc1NC(=O)[C@H](C)Sc1nnc(C2CCCCC2)n1N. The number of nitrogen functional groups attached to an aromatic ring is 1. The zero-order chi connectivity index (χ0) is 19.4. The monoisotopic (exact) mass is 409 g/mol. The molecule has 1 saturated carbocycles. The quantitative estimate of drug-likeness (QED) is 0.556. The number of ether oxygens (including phenoxy) is 1. The average Bonchev–Trinajstić information content (AvgIpc) is 3.03. The Morgan fingerprint density at radius 3 is 2.81 bits per heavy atom. The van der Waals surface area contributed by atoms with Crippen molar-refractivity contribution < 1.29 is 9.53 Å². The molecule has 0 unspecified atom stereocenters. The minimum atomic E-state index is -0.417. The molecule has 0 aliphatic heterocycles. The van der Waals surface area contributed by atoms with Gasteiger partial charge in [0.1, 0.15) is 5.75 Å². The lowest BCUT2D eigenvalue weighted by Crippen LogP contribution is -2.24. The van der Waals surface area contributed by atoms with E-state index in [1.165, 1.54) is 35.7 Å². The van der Waals surface area contributed by atoms with Gasteiger partial charge in [-0.1, -0.05) is 42.6 Å². The molecule has 146 valence electrons. The highest BCUT2D eigenvalue weighted by Crippen LogP contribution is 2.33. The van der Waals surface area contributed by atoms with Gasteiger partial charge >= 0.3 is 0 Å². The molecule has 1 aliphatic carbocycles. The summed E-state index contributed by atoms with van der Waals surface area (Å²) in [7, 11) is 1.54. The molecular weight excluding hydrogens is 386 g/mol. The first-order valence-electron chi connectivity index (χ1n) is 9.01. The summed E-state index contributed by atoms with van der Waals surface area (Å²) in [5.74, 6) is 7.72. The Morgan fingerprint density at radius 2 is 2.11 bits per heavy atom. The summed E-state index contributed by atoms with van der Waals surface area (Å²) in [4.78, 5) is 12.6. The van der Waals surface area contributed by atoms with E-state index in [9.17, 15) is 4.79 Å². The van der Waals surface area contributed by atoms with Gasteiger partial charge < -0.3 is 15.9 Å². The average molecular weight is 410 g/mol. The number of aromatic nitrogens is 3. The van der Waals surface area contributed by atoms with E-state index in [0.29, 0.717) is 27.5 Å². The molecule has 1 aliphatic rings. The molecule has 9 heteroatoms. The molecule has 7 nitrogen and oxygen atoms in total. The lowest BCUT2D eigenvalue weighted by Gasteiger charge is -2.20. The summed E-state index contributed by atoms with van der Waals surface area (Å²) in [6, 6.07) is 5.07. The Labute approximate surface area is 168 Å². The molecule has 2 aromatic rings. The van der Waals surface area contributed by atoms with E-state index in [1.807, 2.05) is 0 Å². The van der Waals surface area contributed by atoms with Gasteiger partial charge in [-0.05, 0) is 38.0 Å². The van der Waals surface area contributed by atoms with E-state index < -0.39 is 5.25 Å². The molecular formula is C18H24ClN5O2S. The van der Waals surface area contributed by atoms with Gasteiger partial charge in [-0.3, -0.25) is 4.79 Å². The maximum atomic E-state index is 12.6. The van der Waals surface area contributed by atoms with Crippen LogP contribution >= 0.6 is 23.4 Å². The van der Waals surface area contributed by atoms with Gasteiger partial charge in [0.2, 0.25) is 11.1 Å². The number of nitrogens with two attached hydrogens (primary N) is 1. The van der Waals surface area contributed by atoms with Crippen molar-refractivity contribution >= 4 is 35.0 Å². The van der Waals surface area contributed by atoms with E-state index in [2.05, 4.69) is 15.5 Å². The van der Waals surface area contributed by atoms with Crippen molar-refractivity contribution in [3.8, 4) is 5.75 Å². The van der Waals surface area contributed by atoms with E-state index in [1.54, 1.807) is 32.2 Å². The Bertz CT molecular complexity index is 807. The van der Waals surface area contributed by atoms with Crippen LogP contribution in [0.15, 0.2) is 23.4 Å². The number of halogens is 1. The Kier molecular flexibility index (Phi) is 6.49. The fourth-order valence-corrected chi connectivity index (χ4v) is 4.18. The Morgan fingerprint density at radius 1 is 1.37 bits per heavy atom. The number of rotatable bonds is 6. The second kappa shape index (κ2) is 8.84. The summed E-state index contributed by atoms with van der Waals surface area (Å²) in [6.07, 6.45) is 5.83. The molecule has 1 amide bonds. The van der Waals surface area contributed by atoms with Crippen molar-refractivity contribution in [2.24, 2.45) is 0 Å². The number of nitrogens with one attached hydrogen (secondary N) is 1. The van der Waals surface area contributed by atoms with Crippen LogP contribution in [-0.4, -0.2) is 33.1 Å². The summed E-state index contributed by atoms with van der Waals surface area (Å²) >= 11 is 7.29. The van der Waals surface area contributed by atoms with E-state index in [0.717, 1.165) is 18.7 Å². The topological polar surface area (TPSA) is 95.1 Å². The molecule has 1 heterocycles. The van der Waals surface area contributed by atoms with E-state index >= 15 is 0 Å². The maximum absolute atomic E-state index is 12.6. The molecule has 1 aromatic carbocycles. The number of thioether (sulfide) groups is 1. The predicted molar refractivity (Wildman–Crippen MR) is 108 cm³/mol. The summed E-state index contributed by atoms with van der Waals surface area (Å²) in [5.41, 5.74) is 0.527. The Hall–Kier alpha value is -1.93. The van der Waals surface area contributed by atoms with Crippen molar-refractivity contribution in [1.82, 2.24) is 14.9 Å². The van der Waals surface area contributed by atoms with Crippen LogP contribution in [0.1, 0.15) is 50.8 Å². The van der Waals surface area contributed by atoms with Crippen molar-refractivity contribution in [2.75, 3.05) is 18.3 Å². The van der Waals surface area contributed by atoms with E-state index in [-0.39, 0.29) is 5.91 Å². The molecule has 0 radical (unpaired) electrons. The lowest BCUT2D eigenvalue weighted by molar-refractivity contribution is -0.115. The standard InChI is InChI=1S/C18H24ClN5O2S/c1-11(17(25)21-14-10-13(19)8-9-15(14)26-2)27-18-23-22-16(24(18)20)12-6-4-3-5-7-12/h8-12H,3-7,20H2,1-2H3,(H,21,25)/t11-/m0/s1. The molecule has 1 atom stereocenters. The third kappa shape index (κ3) is 4.68. The fourth-order valence-electron chi connectivity index (χ4n) is 3.23. The molecule has 1 aromatic heterocycles. The van der Waals surface area contributed by atoms with Gasteiger partial charge in [-0.25, -0.2) is 4.68 Å². The number of hydrogen-bond acceptors (Lipinski definition) is 6. The molecule has 0 bridgehead atoms. The number of carbonyl (C=O) groups is 1. The lowest BCUT2D eigenvalue weighted by atomic mass is 9.89.